The van der Waals surface area contributed by atoms with E-state index in [4.69, 9.17) is 8.83 Å². The van der Waals surface area contributed by atoms with Crippen molar-refractivity contribution in [1.29, 1.82) is 0 Å². The van der Waals surface area contributed by atoms with Crippen molar-refractivity contribution >= 4 is 11.8 Å². The van der Waals surface area contributed by atoms with Crippen LogP contribution < -0.4 is 5.56 Å². The van der Waals surface area contributed by atoms with Crippen LogP contribution in [0.5, 0.6) is 0 Å². The average Bonchev–Trinajstić information content (AvgIpc) is 3.11. The third kappa shape index (κ3) is 3.37. The summed E-state index contributed by atoms with van der Waals surface area (Å²) in [6.07, 6.45) is 4.84. The van der Waals surface area contributed by atoms with Gasteiger partial charge in [-0.05, 0) is 30.7 Å². The van der Waals surface area contributed by atoms with Crippen LogP contribution in [0.15, 0.2) is 48.6 Å². The monoisotopic (exact) mass is 332 g/mol. The summed E-state index contributed by atoms with van der Waals surface area (Å²) in [6.45, 7) is 6.56. The molecule has 0 unspecified atom stereocenters. The molecule has 7 nitrogen and oxygen atoms in total. The molecule has 3 rings (SSSR count). The first-order valence-electron chi connectivity index (χ1n) is 7.16. The minimum absolute atomic E-state index is 0.162. The molecule has 3 aromatic heterocycles. The Morgan fingerprint density at radius 3 is 2.87 bits per heavy atom. The Hall–Kier alpha value is -2.35. The molecule has 0 atom stereocenters. The normalized spacial score (nSPS) is 11.3. The summed E-state index contributed by atoms with van der Waals surface area (Å²) in [5.74, 6) is 1.42. The fraction of sp³-hybridized carbons (Fsp3) is 0.333. The van der Waals surface area contributed by atoms with Gasteiger partial charge in [0.15, 0.2) is 5.03 Å². The molecule has 3 heterocycles. The van der Waals surface area contributed by atoms with Crippen LogP contribution in [-0.4, -0.2) is 19.7 Å². The van der Waals surface area contributed by atoms with Crippen LogP contribution in [0.25, 0.3) is 11.5 Å². The SMILES string of the molecule is Cc1occc1-c1nnc(Sc2nccn(CC(C)C)c2=O)o1. The van der Waals surface area contributed by atoms with Crippen LogP contribution >= 0.6 is 11.8 Å². The van der Waals surface area contributed by atoms with Crippen molar-refractivity contribution in [3.8, 4) is 11.5 Å². The zero-order valence-corrected chi connectivity index (χ0v) is 13.8. The van der Waals surface area contributed by atoms with Gasteiger partial charge < -0.3 is 13.4 Å². The number of rotatable bonds is 5. The van der Waals surface area contributed by atoms with E-state index in [1.54, 1.807) is 29.3 Å². The molecule has 0 spiro atoms. The van der Waals surface area contributed by atoms with E-state index in [0.717, 1.165) is 17.3 Å². The quantitative estimate of drug-likeness (QED) is 0.709. The lowest BCUT2D eigenvalue weighted by Crippen LogP contribution is -2.24. The highest BCUT2D eigenvalue weighted by molar-refractivity contribution is 7.99. The predicted octanol–water partition coefficient (Wildman–Crippen LogP) is 3.00. The predicted molar refractivity (Wildman–Crippen MR) is 84.2 cm³/mol. The standard InChI is InChI=1S/C15H16N4O3S/c1-9(2)8-19-6-5-16-13(14(19)20)23-15-18-17-12(22-15)11-4-7-21-10(11)3/h4-7,9H,8H2,1-3H3. The van der Waals surface area contributed by atoms with Crippen LogP contribution in [0.1, 0.15) is 19.6 Å². The summed E-state index contributed by atoms with van der Waals surface area (Å²) in [4.78, 5) is 16.5. The summed E-state index contributed by atoms with van der Waals surface area (Å²) >= 11 is 1.06. The maximum absolute atomic E-state index is 12.4. The Balaban J connectivity index is 1.85. The Morgan fingerprint density at radius 1 is 1.35 bits per heavy atom. The first-order chi connectivity index (χ1) is 11.0. The summed E-state index contributed by atoms with van der Waals surface area (Å²) in [6, 6.07) is 1.76. The van der Waals surface area contributed by atoms with Crippen molar-refractivity contribution in [2.75, 3.05) is 0 Å². The van der Waals surface area contributed by atoms with E-state index >= 15 is 0 Å². The fourth-order valence-corrected chi connectivity index (χ4v) is 2.77. The maximum Gasteiger partial charge on any atom is 0.283 e. The van der Waals surface area contributed by atoms with Crippen LogP contribution in [0.2, 0.25) is 0 Å². The second-order valence-electron chi connectivity index (χ2n) is 5.45. The minimum Gasteiger partial charge on any atom is -0.469 e. The average molecular weight is 332 g/mol. The second kappa shape index (κ2) is 6.41. The van der Waals surface area contributed by atoms with E-state index < -0.39 is 0 Å². The van der Waals surface area contributed by atoms with Crippen molar-refractivity contribution in [2.45, 2.75) is 37.6 Å². The molecule has 0 saturated heterocycles. The largest absolute Gasteiger partial charge is 0.469 e. The summed E-state index contributed by atoms with van der Waals surface area (Å²) < 4.78 is 12.4. The Bertz CT molecular complexity index is 865. The molecule has 120 valence electrons. The van der Waals surface area contributed by atoms with Gasteiger partial charge in [0.1, 0.15) is 5.76 Å². The summed E-state index contributed by atoms with van der Waals surface area (Å²) in [5.41, 5.74) is 0.577. The summed E-state index contributed by atoms with van der Waals surface area (Å²) in [5, 5.41) is 8.52. The van der Waals surface area contributed by atoms with Crippen LogP contribution in [-0.2, 0) is 6.54 Å². The maximum atomic E-state index is 12.4. The van der Waals surface area contributed by atoms with E-state index in [1.165, 1.54) is 0 Å². The lowest BCUT2D eigenvalue weighted by Gasteiger charge is -2.08. The molecule has 0 radical (unpaired) electrons. The van der Waals surface area contributed by atoms with Gasteiger partial charge in [-0.15, -0.1) is 10.2 Å². The van der Waals surface area contributed by atoms with E-state index in [-0.39, 0.29) is 10.8 Å². The van der Waals surface area contributed by atoms with E-state index in [9.17, 15) is 4.79 Å². The van der Waals surface area contributed by atoms with Crippen molar-refractivity contribution in [2.24, 2.45) is 5.92 Å². The smallest absolute Gasteiger partial charge is 0.283 e. The molecule has 0 aliphatic heterocycles. The number of nitrogens with zero attached hydrogens (tertiary/aromatic N) is 4. The summed E-state index contributed by atoms with van der Waals surface area (Å²) in [7, 11) is 0. The molecule has 0 amide bonds. The molecule has 0 saturated carbocycles. The molecule has 0 bridgehead atoms. The van der Waals surface area contributed by atoms with Gasteiger partial charge in [-0.1, -0.05) is 13.8 Å². The highest BCUT2D eigenvalue weighted by Crippen LogP contribution is 2.28. The van der Waals surface area contributed by atoms with E-state index in [1.807, 2.05) is 6.92 Å². The molecular weight excluding hydrogens is 316 g/mol. The molecule has 0 aromatic carbocycles. The Labute approximate surface area is 136 Å². The number of aryl methyl sites for hydroxylation is 1. The molecule has 0 aliphatic rings. The van der Waals surface area contributed by atoms with Crippen molar-refractivity contribution < 1.29 is 8.83 Å². The molecule has 8 heteroatoms. The van der Waals surface area contributed by atoms with Crippen LogP contribution in [0, 0.1) is 12.8 Å². The third-order valence-corrected chi connectivity index (χ3v) is 3.94. The molecule has 23 heavy (non-hydrogen) atoms. The van der Waals surface area contributed by atoms with E-state index in [0.29, 0.717) is 29.1 Å². The Kier molecular flexibility index (Phi) is 4.33. The topological polar surface area (TPSA) is 87.0 Å². The van der Waals surface area contributed by atoms with Gasteiger partial charge in [-0.3, -0.25) is 4.79 Å². The first-order valence-corrected chi connectivity index (χ1v) is 7.97. The zero-order chi connectivity index (χ0) is 16.4. The van der Waals surface area contributed by atoms with Gasteiger partial charge >= 0.3 is 0 Å². The van der Waals surface area contributed by atoms with E-state index in [2.05, 4.69) is 29.0 Å². The zero-order valence-electron chi connectivity index (χ0n) is 13.0. The number of hydrogen-bond acceptors (Lipinski definition) is 7. The first kappa shape index (κ1) is 15.5. The lowest BCUT2D eigenvalue weighted by atomic mass is 10.2. The highest BCUT2D eigenvalue weighted by atomic mass is 32.2. The molecule has 3 aromatic rings. The fourth-order valence-electron chi connectivity index (χ4n) is 2.08. The van der Waals surface area contributed by atoms with Crippen molar-refractivity contribution in [3.05, 3.63) is 40.8 Å². The van der Waals surface area contributed by atoms with Gasteiger partial charge in [0.05, 0.1) is 11.8 Å². The van der Waals surface area contributed by atoms with Crippen LogP contribution in [0.3, 0.4) is 0 Å². The van der Waals surface area contributed by atoms with Gasteiger partial charge in [0.2, 0.25) is 0 Å². The second-order valence-corrected chi connectivity index (χ2v) is 6.39. The number of furan rings is 1. The lowest BCUT2D eigenvalue weighted by molar-refractivity contribution is 0.462. The van der Waals surface area contributed by atoms with Crippen LogP contribution in [0.4, 0.5) is 0 Å². The van der Waals surface area contributed by atoms with Gasteiger partial charge in [-0.2, -0.15) is 0 Å². The van der Waals surface area contributed by atoms with Gasteiger partial charge in [-0.25, -0.2) is 4.98 Å². The third-order valence-electron chi connectivity index (χ3n) is 3.12. The number of hydrogen-bond donors (Lipinski definition) is 0. The Morgan fingerprint density at radius 2 is 2.17 bits per heavy atom. The minimum atomic E-state index is -0.162. The van der Waals surface area contributed by atoms with Gasteiger partial charge in [0.25, 0.3) is 16.7 Å². The molecule has 0 fully saturated rings. The molecule has 0 N–H and O–H groups in total. The van der Waals surface area contributed by atoms with Gasteiger partial charge in [0, 0.05) is 18.9 Å². The molecular formula is C15H16N4O3S. The molecule has 0 aliphatic carbocycles. The number of aromatic nitrogens is 4. The van der Waals surface area contributed by atoms with Crippen molar-refractivity contribution in [1.82, 2.24) is 19.7 Å². The highest BCUT2D eigenvalue weighted by Gasteiger charge is 2.16. The van der Waals surface area contributed by atoms with Crippen molar-refractivity contribution in [3.63, 3.8) is 0 Å².